The number of hydrogen-bond acceptors (Lipinski definition) is 4. The third-order valence-electron chi connectivity index (χ3n) is 3.79. The van der Waals surface area contributed by atoms with Crippen LogP contribution in [0.4, 0.5) is 0 Å². The van der Waals surface area contributed by atoms with Crippen molar-refractivity contribution in [1.29, 1.82) is 0 Å². The van der Waals surface area contributed by atoms with Crippen molar-refractivity contribution in [2.24, 2.45) is 15.9 Å². The summed E-state index contributed by atoms with van der Waals surface area (Å²) in [6, 6.07) is 18.9. The predicted octanol–water partition coefficient (Wildman–Crippen LogP) is 3.89. The van der Waals surface area contributed by atoms with Crippen molar-refractivity contribution < 1.29 is 0 Å². The summed E-state index contributed by atoms with van der Waals surface area (Å²) in [5.41, 5.74) is 9.38. The molecule has 0 fully saturated rings. The van der Waals surface area contributed by atoms with E-state index in [4.69, 9.17) is 5.73 Å². The van der Waals surface area contributed by atoms with Gasteiger partial charge in [-0.3, -0.25) is 0 Å². The molecule has 0 radical (unpaired) electrons. The van der Waals surface area contributed by atoms with E-state index in [1.54, 1.807) is 6.21 Å². The van der Waals surface area contributed by atoms with Crippen molar-refractivity contribution in [3.05, 3.63) is 71.3 Å². The first-order valence-electron chi connectivity index (χ1n) is 7.86. The number of amidine groups is 1. The number of hydrogen-bond donors (Lipinski definition) is 1. The van der Waals surface area contributed by atoms with Gasteiger partial charge in [0.2, 0.25) is 0 Å². The Kier molecular flexibility index (Phi) is 7.03. The van der Waals surface area contributed by atoms with E-state index < -0.39 is 0 Å². The van der Waals surface area contributed by atoms with Gasteiger partial charge in [0.05, 0.1) is 6.21 Å². The Labute approximate surface area is 148 Å². The van der Waals surface area contributed by atoms with E-state index in [9.17, 15) is 0 Å². The fourth-order valence-corrected chi connectivity index (χ4v) is 2.68. The predicted molar refractivity (Wildman–Crippen MR) is 105 cm³/mol. The van der Waals surface area contributed by atoms with Crippen LogP contribution in [0.3, 0.4) is 0 Å². The van der Waals surface area contributed by atoms with E-state index in [2.05, 4.69) is 60.4 Å². The van der Waals surface area contributed by atoms with Crippen LogP contribution in [0.1, 0.15) is 29.7 Å². The normalized spacial score (nSPS) is 13.6. The van der Waals surface area contributed by atoms with Crippen molar-refractivity contribution in [2.75, 3.05) is 14.1 Å². The molecule has 5 heteroatoms. The van der Waals surface area contributed by atoms with Crippen molar-refractivity contribution in [3.8, 4) is 0 Å². The van der Waals surface area contributed by atoms with Gasteiger partial charge in [-0.05, 0) is 37.7 Å². The van der Waals surface area contributed by atoms with E-state index in [0.717, 1.165) is 11.3 Å². The maximum atomic E-state index is 5.88. The number of thioether (sulfide) groups is 1. The standard InChI is InChI=1S/C19H24N4S/c1-15(23(2)3)18-11-9-16(10-12-18)13-21-22-19(20)24-14-17-7-5-4-6-8-17/h4-13,15H,14H2,1-3H3,(H2,20,22). The molecule has 24 heavy (non-hydrogen) atoms. The van der Waals surface area contributed by atoms with Gasteiger partial charge in [0.25, 0.3) is 0 Å². The van der Waals surface area contributed by atoms with Crippen LogP contribution in [0.25, 0.3) is 0 Å². The number of rotatable bonds is 6. The summed E-state index contributed by atoms with van der Waals surface area (Å²) in [5.74, 6) is 0.794. The molecular formula is C19H24N4S. The first-order valence-corrected chi connectivity index (χ1v) is 8.84. The minimum absolute atomic E-state index is 0.388. The molecule has 126 valence electrons. The summed E-state index contributed by atoms with van der Waals surface area (Å²) in [7, 11) is 4.15. The summed E-state index contributed by atoms with van der Waals surface area (Å²) in [5, 5.41) is 8.57. The average Bonchev–Trinajstić information content (AvgIpc) is 2.61. The Morgan fingerprint density at radius 1 is 1.12 bits per heavy atom. The maximum Gasteiger partial charge on any atom is 0.180 e. The first-order chi connectivity index (χ1) is 11.6. The Hall–Kier alpha value is -2.11. The molecule has 0 aromatic heterocycles. The van der Waals surface area contributed by atoms with Crippen molar-refractivity contribution in [1.82, 2.24) is 4.90 Å². The summed E-state index contributed by atoms with van der Waals surface area (Å²) in [6.07, 6.45) is 1.72. The largest absolute Gasteiger partial charge is 0.377 e. The van der Waals surface area contributed by atoms with Gasteiger partial charge in [-0.15, -0.1) is 5.10 Å². The number of nitrogens with zero attached hydrogens (tertiary/aromatic N) is 3. The summed E-state index contributed by atoms with van der Waals surface area (Å²) in [6.45, 7) is 2.18. The fraction of sp³-hybridized carbons (Fsp3) is 0.263. The molecule has 0 aliphatic rings. The second-order valence-electron chi connectivity index (χ2n) is 5.76. The van der Waals surface area contributed by atoms with Gasteiger partial charge in [-0.2, -0.15) is 5.10 Å². The van der Waals surface area contributed by atoms with Gasteiger partial charge < -0.3 is 10.6 Å². The van der Waals surface area contributed by atoms with E-state index in [0.29, 0.717) is 11.2 Å². The molecule has 0 saturated carbocycles. The van der Waals surface area contributed by atoms with Gasteiger partial charge in [0.15, 0.2) is 5.17 Å². The molecule has 2 aromatic rings. The SMILES string of the molecule is CC(c1ccc(C=NN=C(N)SCc2ccccc2)cc1)N(C)C. The second-order valence-corrected chi connectivity index (χ2v) is 6.76. The minimum Gasteiger partial charge on any atom is -0.377 e. The lowest BCUT2D eigenvalue weighted by Gasteiger charge is -2.19. The quantitative estimate of drug-likeness (QED) is 0.493. The van der Waals surface area contributed by atoms with Crippen molar-refractivity contribution in [2.45, 2.75) is 18.7 Å². The van der Waals surface area contributed by atoms with Crippen LogP contribution in [0, 0.1) is 0 Å². The monoisotopic (exact) mass is 340 g/mol. The fourth-order valence-electron chi connectivity index (χ4n) is 2.07. The van der Waals surface area contributed by atoms with Crippen molar-refractivity contribution >= 4 is 23.1 Å². The molecule has 0 aliphatic heterocycles. The molecule has 0 saturated heterocycles. The lowest BCUT2D eigenvalue weighted by Crippen LogP contribution is -2.16. The Balaban J connectivity index is 1.88. The third-order valence-corrected chi connectivity index (χ3v) is 4.64. The molecule has 0 aliphatic carbocycles. The highest BCUT2D eigenvalue weighted by atomic mass is 32.2. The molecule has 0 heterocycles. The smallest absolute Gasteiger partial charge is 0.180 e. The lowest BCUT2D eigenvalue weighted by atomic mass is 10.1. The van der Waals surface area contributed by atoms with Crippen molar-refractivity contribution in [3.63, 3.8) is 0 Å². The average molecular weight is 340 g/mol. The van der Waals surface area contributed by atoms with Gasteiger partial charge in [0.1, 0.15) is 0 Å². The van der Waals surface area contributed by atoms with Gasteiger partial charge >= 0.3 is 0 Å². The summed E-state index contributed by atoms with van der Waals surface area (Å²) in [4.78, 5) is 2.18. The molecular weight excluding hydrogens is 316 g/mol. The highest BCUT2D eigenvalue weighted by molar-refractivity contribution is 8.13. The van der Waals surface area contributed by atoms with E-state index in [1.807, 2.05) is 30.3 Å². The highest BCUT2D eigenvalue weighted by Gasteiger charge is 2.06. The molecule has 2 rings (SSSR count). The molecule has 4 nitrogen and oxygen atoms in total. The molecule has 2 aromatic carbocycles. The molecule has 2 N–H and O–H groups in total. The van der Waals surface area contributed by atoms with Crippen LogP contribution in [0.5, 0.6) is 0 Å². The number of benzene rings is 2. The van der Waals surface area contributed by atoms with Gasteiger partial charge in [0, 0.05) is 11.8 Å². The lowest BCUT2D eigenvalue weighted by molar-refractivity contribution is 0.321. The van der Waals surface area contributed by atoms with Crippen LogP contribution < -0.4 is 5.73 Å². The third kappa shape index (κ3) is 5.83. The van der Waals surface area contributed by atoms with Gasteiger partial charge in [-0.25, -0.2) is 0 Å². The minimum atomic E-state index is 0.388. The molecule has 1 unspecified atom stereocenters. The summed E-state index contributed by atoms with van der Waals surface area (Å²) < 4.78 is 0. The first kappa shape index (κ1) is 18.2. The van der Waals surface area contributed by atoms with Crippen LogP contribution in [-0.2, 0) is 5.75 Å². The molecule has 0 amide bonds. The molecule has 0 spiro atoms. The zero-order chi connectivity index (χ0) is 17.4. The van der Waals surface area contributed by atoms with Crippen LogP contribution in [-0.4, -0.2) is 30.4 Å². The summed E-state index contributed by atoms with van der Waals surface area (Å²) >= 11 is 1.48. The molecule has 0 bridgehead atoms. The van der Waals surface area contributed by atoms with Crippen LogP contribution in [0.2, 0.25) is 0 Å². The zero-order valence-electron chi connectivity index (χ0n) is 14.4. The highest BCUT2D eigenvalue weighted by Crippen LogP contribution is 2.17. The van der Waals surface area contributed by atoms with Gasteiger partial charge in [-0.1, -0.05) is 66.4 Å². The second kappa shape index (κ2) is 9.25. The Bertz CT molecular complexity index is 678. The van der Waals surface area contributed by atoms with E-state index in [1.165, 1.54) is 22.9 Å². The van der Waals surface area contributed by atoms with E-state index >= 15 is 0 Å². The zero-order valence-corrected chi connectivity index (χ0v) is 15.2. The molecule has 1 atom stereocenters. The number of nitrogens with two attached hydrogens (primary N) is 1. The van der Waals surface area contributed by atoms with E-state index in [-0.39, 0.29) is 0 Å². The Morgan fingerprint density at radius 2 is 1.79 bits per heavy atom. The Morgan fingerprint density at radius 3 is 2.42 bits per heavy atom. The van der Waals surface area contributed by atoms with Crippen LogP contribution >= 0.6 is 11.8 Å². The maximum absolute atomic E-state index is 5.88. The van der Waals surface area contributed by atoms with Crippen LogP contribution in [0.15, 0.2) is 64.8 Å². The topological polar surface area (TPSA) is 54.0 Å².